The molecule has 5 heteroatoms. The van der Waals surface area contributed by atoms with Crippen LogP contribution in [0.2, 0.25) is 0 Å². The molecule has 0 aromatic carbocycles. The first-order valence-electron chi connectivity index (χ1n) is 7.07. The van der Waals surface area contributed by atoms with Crippen molar-refractivity contribution in [3.8, 4) is 0 Å². The molecule has 1 aliphatic heterocycles. The zero-order valence-corrected chi connectivity index (χ0v) is 19.9. The molecule has 1 unspecified atom stereocenters. The second-order valence-corrected chi connectivity index (χ2v) is 4.58. The fourth-order valence-corrected chi connectivity index (χ4v) is 1.32. The number of ether oxygens (including phenoxy) is 1. The molecule has 0 radical (unpaired) electrons. The van der Waals surface area contributed by atoms with Crippen LogP contribution in [0, 0.1) is 12.8 Å². The number of carbonyl (C=O) groups excluding carboxylic acids is 1. The molecule has 20 heavy (non-hydrogen) atoms. The maximum absolute atomic E-state index is 11.5. The van der Waals surface area contributed by atoms with Gasteiger partial charge in [0.1, 0.15) is 5.60 Å². The molecule has 0 N–H and O–H groups in total. The normalized spacial score (nSPS) is 16.1. The Morgan fingerprint density at radius 2 is 1.60 bits per heavy atom. The quantitative estimate of drug-likeness (QED) is 0.220. The Kier molecular flexibility index (Phi) is 25.4. The molecular formula is C15H33INO2Zn+. The van der Waals surface area contributed by atoms with Crippen LogP contribution < -0.4 is 0 Å². The van der Waals surface area contributed by atoms with Crippen LogP contribution in [0.25, 0.3) is 0 Å². The minimum atomic E-state index is -0.393. The van der Waals surface area contributed by atoms with E-state index in [1.807, 2.05) is 53.4 Å². The number of carbonyl (C=O) groups is 1. The Morgan fingerprint density at radius 3 is 1.85 bits per heavy atom. The first-order valence-corrected chi connectivity index (χ1v) is 9.23. The van der Waals surface area contributed by atoms with Crippen molar-refractivity contribution < 1.29 is 29.0 Å². The Bertz CT molecular complexity index is 209. The van der Waals surface area contributed by atoms with Crippen molar-refractivity contribution in [2.24, 2.45) is 5.92 Å². The van der Waals surface area contributed by atoms with E-state index in [4.69, 9.17) is 4.74 Å². The van der Waals surface area contributed by atoms with Crippen molar-refractivity contribution >= 4 is 28.7 Å². The number of likely N-dealkylation sites (tertiary alicyclic amines) is 1. The minimum absolute atomic E-state index is 0. The van der Waals surface area contributed by atoms with E-state index in [0.29, 0.717) is 5.92 Å². The van der Waals surface area contributed by atoms with Crippen LogP contribution in [0.4, 0.5) is 4.79 Å². The van der Waals surface area contributed by atoms with Crippen molar-refractivity contribution in [1.29, 1.82) is 0 Å². The van der Waals surface area contributed by atoms with Gasteiger partial charge in [0.05, 0.1) is 0 Å². The van der Waals surface area contributed by atoms with Crippen molar-refractivity contribution in [2.75, 3.05) is 18.0 Å². The zero-order chi connectivity index (χ0) is 16.1. The van der Waals surface area contributed by atoms with Crippen LogP contribution in [0.3, 0.4) is 0 Å². The first kappa shape index (κ1) is 28.7. The summed E-state index contributed by atoms with van der Waals surface area (Å²) in [4.78, 5) is 15.2. The van der Waals surface area contributed by atoms with E-state index in [9.17, 15) is 4.79 Å². The molecule has 1 rings (SSSR count). The third-order valence-electron chi connectivity index (χ3n) is 1.94. The third kappa shape index (κ3) is 16.7. The Hall–Kier alpha value is 0.623. The topological polar surface area (TPSA) is 29.5 Å². The van der Waals surface area contributed by atoms with E-state index >= 15 is 0 Å². The second kappa shape index (κ2) is 17.7. The van der Waals surface area contributed by atoms with Crippen LogP contribution in [0.15, 0.2) is 0 Å². The molecule has 0 aromatic heterocycles. The molecule has 1 amide bonds. The number of hydrogen-bond acceptors (Lipinski definition) is 2. The van der Waals surface area contributed by atoms with Gasteiger partial charge < -0.3 is 16.6 Å². The number of amides is 1. The Labute approximate surface area is 153 Å². The van der Waals surface area contributed by atoms with Gasteiger partial charge >= 0.3 is 25.6 Å². The fraction of sp³-hybridized carbons (Fsp3) is 0.867. The minimum Gasteiger partial charge on any atom is -0.444 e. The van der Waals surface area contributed by atoms with Crippen LogP contribution in [-0.2, 0) is 24.2 Å². The van der Waals surface area contributed by atoms with Gasteiger partial charge in [0, 0.05) is 6.54 Å². The summed E-state index contributed by atoms with van der Waals surface area (Å²) < 4.78 is 5.23. The van der Waals surface area contributed by atoms with Gasteiger partial charge in [0.2, 0.25) is 0 Å². The predicted octanol–water partition coefficient (Wildman–Crippen LogP) is 5.18. The molecule has 0 aromatic rings. The van der Waals surface area contributed by atoms with Gasteiger partial charge in [-0.25, -0.2) is 4.79 Å². The fourth-order valence-electron chi connectivity index (χ4n) is 1.32. The van der Waals surface area contributed by atoms with Gasteiger partial charge in [-0.2, -0.15) is 0 Å². The average molecular weight is 452 g/mol. The molecule has 0 spiro atoms. The molecule has 0 bridgehead atoms. The van der Waals surface area contributed by atoms with E-state index in [-0.39, 0.29) is 25.6 Å². The Balaban J connectivity index is -0.000000162. The second-order valence-electron chi connectivity index (χ2n) is 4.58. The van der Waals surface area contributed by atoms with Crippen LogP contribution in [0.1, 0.15) is 54.9 Å². The number of alkyl halides is 1. The largest absolute Gasteiger partial charge is 2.00 e. The van der Waals surface area contributed by atoms with Crippen LogP contribution in [0.5, 0.6) is 0 Å². The summed E-state index contributed by atoms with van der Waals surface area (Å²) in [5.41, 5.74) is -0.393. The molecule has 1 aliphatic rings. The van der Waals surface area contributed by atoms with Crippen molar-refractivity contribution in [2.45, 2.75) is 60.5 Å². The van der Waals surface area contributed by atoms with E-state index in [2.05, 4.69) is 29.5 Å². The summed E-state index contributed by atoms with van der Waals surface area (Å²) in [6.45, 7) is 19.1. The number of hydrogen-bond donors (Lipinski definition) is 0. The molecule has 0 saturated carbocycles. The van der Waals surface area contributed by atoms with Gasteiger partial charge in [0.25, 0.3) is 0 Å². The molecule has 0 aliphatic carbocycles. The van der Waals surface area contributed by atoms with E-state index < -0.39 is 5.60 Å². The maximum Gasteiger partial charge on any atom is 2.00 e. The summed E-state index contributed by atoms with van der Waals surface area (Å²) >= 11 is 2.15. The van der Waals surface area contributed by atoms with E-state index in [0.717, 1.165) is 19.5 Å². The summed E-state index contributed by atoms with van der Waals surface area (Å²) in [5.74, 6) is 0.368. The maximum atomic E-state index is 11.5. The van der Waals surface area contributed by atoms with Gasteiger partial charge in [-0.05, 0) is 32.2 Å². The van der Waals surface area contributed by atoms with Gasteiger partial charge in [-0.1, -0.05) is 56.7 Å². The van der Waals surface area contributed by atoms with Crippen LogP contribution >= 0.6 is 22.6 Å². The van der Waals surface area contributed by atoms with E-state index in [1.165, 1.54) is 0 Å². The molecule has 1 fully saturated rings. The molecule has 118 valence electrons. The molecule has 3 nitrogen and oxygen atoms in total. The molecular weight excluding hydrogens is 418 g/mol. The van der Waals surface area contributed by atoms with E-state index in [1.54, 1.807) is 4.90 Å². The van der Waals surface area contributed by atoms with Crippen LogP contribution in [-0.4, -0.2) is 34.6 Å². The standard InChI is InChI=1S/C10H18NO2.2C2H6.CH3I.Zn/c1-8-5-6-11(7-8)9(12)13-10(2,3)4;3*1-2;/h8H,1,5-7H2,2-4H3;2*1-2H3;1H3;/q-1;;;;+2. The van der Waals surface area contributed by atoms with Crippen molar-refractivity contribution in [3.05, 3.63) is 6.92 Å². The summed E-state index contributed by atoms with van der Waals surface area (Å²) in [5, 5.41) is 0. The Morgan fingerprint density at radius 1 is 1.20 bits per heavy atom. The summed E-state index contributed by atoms with van der Waals surface area (Å²) in [6, 6.07) is 0. The number of rotatable bonds is 0. The summed E-state index contributed by atoms with van der Waals surface area (Å²) in [6.07, 6.45) is 0.776. The molecule has 1 saturated heterocycles. The third-order valence-corrected chi connectivity index (χ3v) is 1.94. The first-order chi connectivity index (χ1) is 8.88. The zero-order valence-electron chi connectivity index (χ0n) is 14.8. The van der Waals surface area contributed by atoms with Gasteiger partial charge in [0.15, 0.2) is 0 Å². The van der Waals surface area contributed by atoms with Crippen molar-refractivity contribution in [1.82, 2.24) is 4.90 Å². The molecule has 1 atom stereocenters. The van der Waals surface area contributed by atoms with Gasteiger partial charge in [-0.15, -0.1) is 5.92 Å². The molecule has 1 heterocycles. The average Bonchev–Trinajstić information content (AvgIpc) is 2.82. The SMILES string of the molecule is CC.CC.CI.[CH2-]C1CCN(C(=O)OC(C)(C)C)C1.[Zn+2]. The van der Waals surface area contributed by atoms with Crippen molar-refractivity contribution in [3.63, 3.8) is 0 Å². The monoisotopic (exact) mass is 450 g/mol. The smallest absolute Gasteiger partial charge is 0.444 e. The summed E-state index contributed by atoms with van der Waals surface area (Å²) in [7, 11) is 0. The predicted molar refractivity (Wildman–Crippen MR) is 93.9 cm³/mol. The number of halogens is 1. The number of nitrogens with zero attached hydrogens (tertiary/aromatic N) is 1. The van der Waals surface area contributed by atoms with Gasteiger partial charge in [-0.3, -0.25) is 0 Å².